The Labute approximate surface area is 145 Å². The number of hydrogen-bond acceptors (Lipinski definition) is 3. The molecule has 26 heavy (non-hydrogen) atoms. The highest BCUT2D eigenvalue weighted by molar-refractivity contribution is 5.67. The van der Waals surface area contributed by atoms with Gasteiger partial charge in [-0.15, -0.1) is 0 Å². The van der Waals surface area contributed by atoms with Crippen LogP contribution in [-0.4, -0.2) is 14.3 Å². The lowest BCUT2D eigenvalue weighted by Gasteiger charge is -2.10. The van der Waals surface area contributed by atoms with E-state index in [0.29, 0.717) is 5.65 Å². The minimum absolute atomic E-state index is 0.0522. The van der Waals surface area contributed by atoms with Gasteiger partial charge in [0.2, 0.25) is 0 Å². The van der Waals surface area contributed by atoms with Crippen molar-refractivity contribution in [3.63, 3.8) is 0 Å². The molecule has 0 aliphatic heterocycles. The van der Waals surface area contributed by atoms with Crippen LogP contribution >= 0.6 is 0 Å². The van der Waals surface area contributed by atoms with Gasteiger partial charge in [-0.1, -0.05) is 16.6 Å². The van der Waals surface area contributed by atoms with E-state index in [0.717, 1.165) is 12.1 Å². The van der Waals surface area contributed by atoms with E-state index in [4.69, 9.17) is 5.26 Å². The van der Waals surface area contributed by atoms with E-state index < -0.39 is 23.2 Å². The van der Waals surface area contributed by atoms with Crippen LogP contribution in [0.2, 0.25) is 0 Å². The fraction of sp³-hybridized carbons (Fsp3) is 0.235. The van der Waals surface area contributed by atoms with Crippen LogP contribution in [0, 0.1) is 11.3 Å². The first-order chi connectivity index (χ1) is 12.3. The highest BCUT2D eigenvalue weighted by Gasteiger charge is 2.32. The normalized spacial score (nSPS) is 11.7. The summed E-state index contributed by atoms with van der Waals surface area (Å²) in [5, 5.41) is 19.4. The Kier molecular flexibility index (Phi) is 4.20. The van der Waals surface area contributed by atoms with Crippen LogP contribution in [0.25, 0.3) is 16.8 Å². The van der Waals surface area contributed by atoms with Gasteiger partial charge in [-0.3, -0.25) is 0 Å². The number of aromatic nitrogens is 3. The number of benzene rings is 1. The van der Waals surface area contributed by atoms with Crippen LogP contribution in [0.4, 0.5) is 13.2 Å². The number of alkyl halides is 3. The molecule has 0 saturated heterocycles. The van der Waals surface area contributed by atoms with E-state index in [1.54, 1.807) is 19.3 Å². The largest absolute Gasteiger partial charge is 0.477 e. The van der Waals surface area contributed by atoms with Crippen LogP contribution in [0.5, 0.6) is 5.88 Å². The summed E-state index contributed by atoms with van der Waals surface area (Å²) in [7, 11) is 1.59. The van der Waals surface area contributed by atoms with Crippen molar-refractivity contribution in [3.8, 4) is 23.1 Å². The van der Waals surface area contributed by atoms with Crippen LogP contribution in [-0.2, 0) is 19.8 Å². The van der Waals surface area contributed by atoms with Crippen molar-refractivity contribution in [3.05, 3.63) is 52.4 Å². The number of halogens is 3. The molecule has 0 aliphatic rings. The molecule has 0 fully saturated rings. The Bertz CT molecular complexity index is 1090. The predicted molar refractivity (Wildman–Crippen MR) is 85.2 cm³/mol. The maximum atomic E-state index is 13.0. The summed E-state index contributed by atoms with van der Waals surface area (Å²) < 4.78 is 43.0. The van der Waals surface area contributed by atoms with E-state index in [1.807, 2.05) is 6.07 Å². The fourth-order valence-corrected chi connectivity index (χ4v) is 2.86. The summed E-state index contributed by atoms with van der Waals surface area (Å²) in [5.41, 5.74) is -1.55. The first-order valence-corrected chi connectivity index (χ1v) is 7.63. The van der Waals surface area contributed by atoms with E-state index in [9.17, 15) is 23.1 Å². The molecule has 9 heteroatoms. The first-order valence-electron chi connectivity index (χ1n) is 7.63. The predicted octanol–water partition coefficient (Wildman–Crippen LogP) is 2.23. The van der Waals surface area contributed by atoms with Gasteiger partial charge in [0, 0.05) is 7.05 Å². The molecule has 2 heterocycles. The van der Waals surface area contributed by atoms with Gasteiger partial charge in [-0.05, 0) is 17.7 Å². The average Bonchev–Trinajstić information content (AvgIpc) is 2.96. The van der Waals surface area contributed by atoms with Crippen LogP contribution < -0.4 is 10.1 Å². The second-order valence-electron chi connectivity index (χ2n) is 5.70. The number of aryl methyl sites for hydroxylation is 2. The molecule has 0 amide bonds. The van der Waals surface area contributed by atoms with Gasteiger partial charge < -0.3 is 5.11 Å². The summed E-state index contributed by atoms with van der Waals surface area (Å²) in [6.07, 6.45) is -2.94. The molecule has 0 spiro atoms. The standard InChI is InChI=1S/C17H13F3N4O2/c1-22-9-6-13-23(8-3-7-21)15(25)14(16(26)24(13)22)11-4-2-5-12(10-11)17(18,19)20/h2,4-6,9-10H,3,8H2,1H3/p+1. The molecular formula is C17H14F3N4O2+. The summed E-state index contributed by atoms with van der Waals surface area (Å²) >= 11 is 0. The zero-order chi connectivity index (χ0) is 19.1. The summed E-state index contributed by atoms with van der Waals surface area (Å²) in [6.45, 7) is 0.0854. The molecule has 2 aromatic heterocycles. The smallest absolute Gasteiger partial charge is 0.416 e. The third kappa shape index (κ3) is 2.79. The Hall–Kier alpha value is -3.28. The number of nitriles is 1. The van der Waals surface area contributed by atoms with Gasteiger partial charge in [0.25, 0.3) is 5.88 Å². The third-order valence-corrected chi connectivity index (χ3v) is 4.06. The molecular weight excluding hydrogens is 349 g/mol. The molecule has 0 saturated carbocycles. The Morgan fingerprint density at radius 1 is 1.31 bits per heavy atom. The molecule has 6 nitrogen and oxygen atoms in total. The monoisotopic (exact) mass is 363 g/mol. The zero-order valence-electron chi connectivity index (χ0n) is 13.7. The van der Waals surface area contributed by atoms with Crippen molar-refractivity contribution in [1.29, 1.82) is 5.26 Å². The van der Waals surface area contributed by atoms with Gasteiger partial charge >= 0.3 is 17.4 Å². The summed E-state index contributed by atoms with van der Waals surface area (Å²) in [6, 6.07) is 7.74. The number of aromatic hydroxyl groups is 1. The lowest BCUT2D eigenvalue weighted by atomic mass is 10.0. The molecule has 0 unspecified atom stereocenters. The second-order valence-corrected chi connectivity index (χ2v) is 5.70. The number of fused-ring (bicyclic) bond motifs is 1. The maximum Gasteiger partial charge on any atom is 0.416 e. The van der Waals surface area contributed by atoms with Crippen molar-refractivity contribution in [1.82, 2.24) is 9.20 Å². The Morgan fingerprint density at radius 3 is 2.69 bits per heavy atom. The van der Waals surface area contributed by atoms with E-state index in [1.165, 1.54) is 25.9 Å². The van der Waals surface area contributed by atoms with Gasteiger partial charge in [0.15, 0.2) is 5.56 Å². The molecule has 0 atom stereocenters. The number of nitrogens with zero attached hydrogens (tertiary/aromatic N) is 4. The van der Waals surface area contributed by atoms with Crippen molar-refractivity contribution in [2.75, 3.05) is 0 Å². The third-order valence-electron chi connectivity index (χ3n) is 4.06. The number of hydrogen-bond donors (Lipinski definition) is 1. The maximum absolute atomic E-state index is 13.0. The van der Waals surface area contributed by atoms with Crippen molar-refractivity contribution in [2.45, 2.75) is 19.1 Å². The highest BCUT2D eigenvalue weighted by atomic mass is 19.4. The fourth-order valence-electron chi connectivity index (χ4n) is 2.86. The lowest BCUT2D eigenvalue weighted by molar-refractivity contribution is -0.679. The Balaban J connectivity index is 2.35. The minimum Gasteiger partial charge on any atom is -0.477 e. The van der Waals surface area contributed by atoms with Crippen molar-refractivity contribution in [2.24, 2.45) is 7.05 Å². The van der Waals surface area contributed by atoms with Crippen molar-refractivity contribution >= 4 is 5.65 Å². The van der Waals surface area contributed by atoms with Gasteiger partial charge in [-0.25, -0.2) is 9.48 Å². The number of rotatable bonds is 3. The van der Waals surface area contributed by atoms with Crippen LogP contribution in [0.3, 0.4) is 0 Å². The van der Waals surface area contributed by atoms with Crippen LogP contribution in [0.1, 0.15) is 12.0 Å². The van der Waals surface area contributed by atoms with Crippen LogP contribution in [0.15, 0.2) is 41.3 Å². The Morgan fingerprint density at radius 2 is 2.04 bits per heavy atom. The molecule has 0 radical (unpaired) electrons. The van der Waals surface area contributed by atoms with E-state index >= 15 is 0 Å². The van der Waals surface area contributed by atoms with E-state index in [-0.39, 0.29) is 24.1 Å². The molecule has 0 bridgehead atoms. The SMILES string of the molecule is Cn1ccc2n1c(=O)c(-c1cccc(C(F)(F)F)c1)c(O)[n+]2CCC#N. The highest BCUT2D eigenvalue weighted by Crippen LogP contribution is 2.33. The average molecular weight is 363 g/mol. The summed E-state index contributed by atoms with van der Waals surface area (Å²) in [5.74, 6) is -0.476. The summed E-state index contributed by atoms with van der Waals surface area (Å²) in [4.78, 5) is 12.8. The molecule has 1 aromatic carbocycles. The quantitative estimate of drug-likeness (QED) is 0.725. The zero-order valence-corrected chi connectivity index (χ0v) is 13.7. The lowest BCUT2D eigenvalue weighted by Crippen LogP contribution is -2.41. The molecule has 0 aliphatic carbocycles. The molecule has 3 aromatic rings. The topological polar surface area (TPSA) is 74.3 Å². The van der Waals surface area contributed by atoms with Gasteiger partial charge in [0.1, 0.15) is 6.54 Å². The molecule has 134 valence electrons. The molecule has 3 rings (SSSR count). The first kappa shape index (κ1) is 17.5. The second kappa shape index (κ2) is 6.22. The molecule has 1 N–H and O–H groups in total. The van der Waals surface area contributed by atoms with Crippen molar-refractivity contribution < 1.29 is 22.8 Å². The minimum atomic E-state index is -4.58. The van der Waals surface area contributed by atoms with Gasteiger partial charge in [-0.2, -0.15) is 23.0 Å². The van der Waals surface area contributed by atoms with E-state index in [2.05, 4.69) is 0 Å². The van der Waals surface area contributed by atoms with Gasteiger partial charge in [0.05, 0.1) is 30.3 Å².